The van der Waals surface area contributed by atoms with Crippen LogP contribution in [0.2, 0.25) is 0 Å². The van der Waals surface area contributed by atoms with Crippen molar-refractivity contribution in [1.82, 2.24) is 5.32 Å². The Bertz CT molecular complexity index is 336. The lowest BCUT2D eigenvalue weighted by atomic mass is 10.0. The molecule has 0 aliphatic heterocycles. The zero-order valence-corrected chi connectivity index (χ0v) is 9.41. The third-order valence-electron chi connectivity index (χ3n) is 2.31. The molecule has 0 aliphatic carbocycles. The Morgan fingerprint density at radius 3 is 2.67 bits per heavy atom. The summed E-state index contributed by atoms with van der Waals surface area (Å²) in [5.41, 5.74) is 2.06. The van der Waals surface area contributed by atoms with Gasteiger partial charge in [0.1, 0.15) is 6.04 Å². The van der Waals surface area contributed by atoms with Gasteiger partial charge in [0.05, 0.1) is 6.61 Å². The largest absolute Gasteiger partial charge is 0.465 e. The van der Waals surface area contributed by atoms with E-state index in [1.54, 1.807) is 7.05 Å². The molecule has 1 unspecified atom stereocenters. The summed E-state index contributed by atoms with van der Waals surface area (Å²) >= 11 is 0. The van der Waals surface area contributed by atoms with Crippen LogP contribution in [0.4, 0.5) is 0 Å². The Morgan fingerprint density at radius 1 is 1.47 bits per heavy atom. The number of hydrogen-bond donors (Lipinski definition) is 1. The van der Waals surface area contributed by atoms with E-state index >= 15 is 0 Å². The second-order valence-corrected chi connectivity index (χ2v) is 3.33. The van der Waals surface area contributed by atoms with Crippen LogP contribution in [0.3, 0.4) is 0 Å². The van der Waals surface area contributed by atoms with Crippen LogP contribution in [0.5, 0.6) is 0 Å². The molecule has 0 aliphatic rings. The number of ether oxygens (including phenoxy) is 1. The third-order valence-corrected chi connectivity index (χ3v) is 2.31. The van der Waals surface area contributed by atoms with Gasteiger partial charge in [0.25, 0.3) is 0 Å². The average Bonchev–Trinajstić information content (AvgIpc) is 2.22. The average molecular weight is 207 g/mol. The first-order valence-electron chi connectivity index (χ1n) is 5.10. The number of aryl methyl sites for hydroxylation is 1. The Kier molecular flexibility index (Phi) is 4.31. The van der Waals surface area contributed by atoms with E-state index in [1.165, 1.54) is 0 Å². The molecule has 0 heterocycles. The quantitative estimate of drug-likeness (QED) is 0.765. The summed E-state index contributed by atoms with van der Waals surface area (Å²) in [5.74, 6) is -0.227. The van der Waals surface area contributed by atoms with Crippen molar-refractivity contribution >= 4 is 5.97 Å². The van der Waals surface area contributed by atoms with Crippen LogP contribution < -0.4 is 5.32 Å². The van der Waals surface area contributed by atoms with E-state index in [-0.39, 0.29) is 12.0 Å². The fourth-order valence-corrected chi connectivity index (χ4v) is 1.54. The Hall–Kier alpha value is -1.35. The molecule has 0 amide bonds. The number of hydrogen-bond acceptors (Lipinski definition) is 3. The summed E-state index contributed by atoms with van der Waals surface area (Å²) in [5, 5.41) is 2.97. The van der Waals surface area contributed by atoms with E-state index in [0.717, 1.165) is 11.1 Å². The number of likely N-dealkylation sites (N-methyl/N-ethyl adjacent to an activating group) is 1. The van der Waals surface area contributed by atoms with Gasteiger partial charge in [-0.15, -0.1) is 0 Å². The van der Waals surface area contributed by atoms with Gasteiger partial charge in [-0.1, -0.05) is 24.3 Å². The van der Waals surface area contributed by atoms with Gasteiger partial charge in [-0.05, 0) is 32.0 Å². The zero-order chi connectivity index (χ0) is 11.3. The highest BCUT2D eigenvalue weighted by molar-refractivity contribution is 5.78. The predicted molar refractivity (Wildman–Crippen MR) is 59.6 cm³/mol. The second kappa shape index (κ2) is 5.51. The van der Waals surface area contributed by atoms with E-state index < -0.39 is 0 Å². The van der Waals surface area contributed by atoms with Crippen molar-refractivity contribution in [3.05, 3.63) is 35.4 Å². The van der Waals surface area contributed by atoms with Crippen LogP contribution in [-0.2, 0) is 9.53 Å². The highest BCUT2D eigenvalue weighted by atomic mass is 16.5. The molecule has 0 fully saturated rings. The van der Waals surface area contributed by atoms with E-state index in [0.29, 0.717) is 6.61 Å². The monoisotopic (exact) mass is 207 g/mol. The minimum atomic E-state index is -0.369. The van der Waals surface area contributed by atoms with Gasteiger partial charge in [0.2, 0.25) is 0 Å². The van der Waals surface area contributed by atoms with Crippen molar-refractivity contribution in [1.29, 1.82) is 0 Å². The number of carbonyl (C=O) groups is 1. The Morgan fingerprint density at radius 2 is 2.13 bits per heavy atom. The van der Waals surface area contributed by atoms with Crippen molar-refractivity contribution in [2.45, 2.75) is 19.9 Å². The molecule has 0 spiro atoms. The van der Waals surface area contributed by atoms with Gasteiger partial charge in [-0.25, -0.2) is 4.79 Å². The maximum Gasteiger partial charge on any atom is 0.327 e. The van der Waals surface area contributed by atoms with E-state index in [2.05, 4.69) is 5.32 Å². The second-order valence-electron chi connectivity index (χ2n) is 3.33. The lowest BCUT2D eigenvalue weighted by Crippen LogP contribution is -2.27. The first kappa shape index (κ1) is 11.7. The molecule has 1 aromatic carbocycles. The summed E-state index contributed by atoms with van der Waals surface area (Å²) < 4.78 is 5.00. The first-order chi connectivity index (χ1) is 7.20. The molecule has 0 radical (unpaired) electrons. The maximum absolute atomic E-state index is 11.6. The minimum absolute atomic E-state index is 0.227. The van der Waals surface area contributed by atoms with Crippen molar-refractivity contribution in [2.24, 2.45) is 0 Å². The molecule has 0 bridgehead atoms. The van der Waals surface area contributed by atoms with Crippen molar-refractivity contribution < 1.29 is 9.53 Å². The molecule has 1 atom stereocenters. The number of esters is 1. The SMILES string of the molecule is CCOC(=O)C(NC)c1ccccc1C. The molecular formula is C12H17NO2. The third kappa shape index (κ3) is 2.80. The summed E-state index contributed by atoms with van der Waals surface area (Å²) in [6.07, 6.45) is 0. The Balaban J connectivity index is 2.92. The van der Waals surface area contributed by atoms with Gasteiger partial charge in [0, 0.05) is 0 Å². The van der Waals surface area contributed by atoms with Crippen LogP contribution in [0.15, 0.2) is 24.3 Å². The van der Waals surface area contributed by atoms with Crippen LogP contribution in [0, 0.1) is 6.92 Å². The number of rotatable bonds is 4. The van der Waals surface area contributed by atoms with Gasteiger partial charge in [-0.3, -0.25) is 0 Å². The molecule has 15 heavy (non-hydrogen) atoms. The van der Waals surface area contributed by atoms with Crippen LogP contribution in [0.1, 0.15) is 24.1 Å². The van der Waals surface area contributed by atoms with Gasteiger partial charge >= 0.3 is 5.97 Å². The maximum atomic E-state index is 11.6. The molecule has 82 valence electrons. The molecule has 3 nitrogen and oxygen atoms in total. The fraction of sp³-hybridized carbons (Fsp3) is 0.417. The van der Waals surface area contributed by atoms with Gasteiger partial charge < -0.3 is 10.1 Å². The summed E-state index contributed by atoms with van der Waals surface area (Å²) in [6, 6.07) is 7.43. The van der Waals surface area contributed by atoms with Crippen LogP contribution in [0.25, 0.3) is 0 Å². The summed E-state index contributed by atoms with van der Waals surface area (Å²) in [7, 11) is 1.76. The highest BCUT2D eigenvalue weighted by Crippen LogP contribution is 2.18. The summed E-state index contributed by atoms with van der Waals surface area (Å²) in [6.45, 7) is 4.20. The lowest BCUT2D eigenvalue weighted by molar-refractivity contribution is -0.145. The first-order valence-corrected chi connectivity index (χ1v) is 5.10. The fourth-order valence-electron chi connectivity index (χ4n) is 1.54. The summed E-state index contributed by atoms with van der Waals surface area (Å²) in [4.78, 5) is 11.6. The number of carbonyl (C=O) groups excluding carboxylic acids is 1. The van der Waals surface area contributed by atoms with Crippen molar-refractivity contribution in [2.75, 3.05) is 13.7 Å². The molecule has 1 aromatic rings. The molecule has 0 saturated heterocycles. The van der Waals surface area contributed by atoms with Gasteiger partial charge in [0.15, 0.2) is 0 Å². The Labute approximate surface area is 90.4 Å². The molecule has 1 rings (SSSR count). The molecule has 3 heteroatoms. The van der Waals surface area contributed by atoms with Crippen molar-refractivity contribution in [3.8, 4) is 0 Å². The normalized spacial score (nSPS) is 12.2. The van der Waals surface area contributed by atoms with Crippen molar-refractivity contribution in [3.63, 3.8) is 0 Å². The zero-order valence-electron chi connectivity index (χ0n) is 9.41. The molecule has 1 N–H and O–H groups in total. The van der Waals surface area contributed by atoms with Crippen LogP contribution in [-0.4, -0.2) is 19.6 Å². The number of benzene rings is 1. The van der Waals surface area contributed by atoms with Gasteiger partial charge in [-0.2, -0.15) is 0 Å². The topological polar surface area (TPSA) is 38.3 Å². The molecular weight excluding hydrogens is 190 g/mol. The van der Waals surface area contributed by atoms with E-state index in [9.17, 15) is 4.79 Å². The smallest absolute Gasteiger partial charge is 0.327 e. The predicted octanol–water partition coefficient (Wildman–Crippen LogP) is 1.82. The van der Waals surface area contributed by atoms with E-state index in [4.69, 9.17) is 4.74 Å². The van der Waals surface area contributed by atoms with E-state index in [1.807, 2.05) is 38.1 Å². The highest BCUT2D eigenvalue weighted by Gasteiger charge is 2.20. The standard InChI is InChI=1S/C12H17NO2/c1-4-15-12(14)11(13-3)10-8-6-5-7-9(10)2/h5-8,11,13H,4H2,1-3H3. The molecule has 0 aromatic heterocycles. The lowest BCUT2D eigenvalue weighted by Gasteiger charge is -2.16. The number of nitrogens with one attached hydrogen (secondary N) is 1. The van der Waals surface area contributed by atoms with Crippen LogP contribution >= 0.6 is 0 Å². The molecule has 0 saturated carbocycles. The minimum Gasteiger partial charge on any atom is -0.465 e.